The first-order chi connectivity index (χ1) is 5.09. The number of imide groups is 1. The van der Waals surface area contributed by atoms with Gasteiger partial charge in [0, 0.05) is 6.92 Å². The SMILES string of the molecule is C.CC(=O)N1CC(=O)NC(=O)C1. The second kappa shape index (κ2) is 3.85. The first-order valence-corrected chi connectivity index (χ1v) is 3.18. The molecule has 0 aromatic heterocycles. The van der Waals surface area contributed by atoms with Crippen LogP contribution in [-0.2, 0) is 14.4 Å². The number of piperazine rings is 1. The Labute approximate surface area is 70.7 Å². The van der Waals surface area contributed by atoms with Crippen molar-refractivity contribution in [1.82, 2.24) is 10.2 Å². The highest BCUT2D eigenvalue weighted by molar-refractivity contribution is 6.02. The van der Waals surface area contributed by atoms with Crippen molar-refractivity contribution >= 4 is 17.7 Å². The number of nitrogens with zero attached hydrogens (tertiary/aromatic N) is 1. The number of rotatable bonds is 0. The minimum Gasteiger partial charge on any atom is -0.324 e. The van der Waals surface area contributed by atoms with Crippen LogP contribution in [0.1, 0.15) is 14.4 Å². The predicted molar refractivity (Wildman–Crippen MR) is 42.1 cm³/mol. The average molecular weight is 172 g/mol. The van der Waals surface area contributed by atoms with E-state index in [9.17, 15) is 14.4 Å². The zero-order valence-electron chi connectivity index (χ0n) is 6.09. The molecule has 0 aromatic rings. The van der Waals surface area contributed by atoms with Gasteiger partial charge >= 0.3 is 0 Å². The van der Waals surface area contributed by atoms with E-state index in [0.717, 1.165) is 0 Å². The van der Waals surface area contributed by atoms with Crippen molar-refractivity contribution in [3.8, 4) is 0 Å². The summed E-state index contributed by atoms with van der Waals surface area (Å²) in [5.74, 6) is -1.10. The Bertz CT molecular complexity index is 209. The van der Waals surface area contributed by atoms with E-state index in [1.54, 1.807) is 0 Å². The second-order valence-corrected chi connectivity index (χ2v) is 2.35. The molecular formula is C7H12N2O3. The van der Waals surface area contributed by atoms with Gasteiger partial charge in [-0.1, -0.05) is 7.43 Å². The molecule has 1 rings (SSSR count). The molecule has 0 aromatic carbocycles. The molecule has 1 aliphatic heterocycles. The van der Waals surface area contributed by atoms with Gasteiger partial charge in [-0.25, -0.2) is 0 Å². The van der Waals surface area contributed by atoms with Gasteiger partial charge in [0.15, 0.2) is 0 Å². The molecular weight excluding hydrogens is 160 g/mol. The molecule has 1 aliphatic rings. The van der Waals surface area contributed by atoms with Gasteiger partial charge < -0.3 is 4.90 Å². The summed E-state index contributed by atoms with van der Waals surface area (Å²) in [7, 11) is 0. The van der Waals surface area contributed by atoms with Gasteiger partial charge in [0.2, 0.25) is 17.7 Å². The molecule has 1 N–H and O–H groups in total. The van der Waals surface area contributed by atoms with Crippen molar-refractivity contribution < 1.29 is 14.4 Å². The molecule has 1 heterocycles. The van der Waals surface area contributed by atoms with E-state index in [0.29, 0.717) is 0 Å². The van der Waals surface area contributed by atoms with Crippen LogP contribution < -0.4 is 5.32 Å². The Morgan fingerprint density at radius 1 is 1.33 bits per heavy atom. The van der Waals surface area contributed by atoms with Crippen LogP contribution in [0.2, 0.25) is 0 Å². The fraction of sp³-hybridized carbons (Fsp3) is 0.571. The molecule has 1 saturated heterocycles. The normalized spacial score (nSPS) is 16.6. The van der Waals surface area contributed by atoms with E-state index in [1.807, 2.05) is 0 Å². The van der Waals surface area contributed by atoms with Crippen molar-refractivity contribution in [1.29, 1.82) is 0 Å². The summed E-state index contributed by atoms with van der Waals surface area (Å²) >= 11 is 0. The van der Waals surface area contributed by atoms with E-state index in [2.05, 4.69) is 5.32 Å². The van der Waals surface area contributed by atoms with E-state index >= 15 is 0 Å². The minimum atomic E-state index is -0.420. The van der Waals surface area contributed by atoms with E-state index < -0.39 is 11.8 Å². The molecule has 5 heteroatoms. The molecule has 5 nitrogen and oxygen atoms in total. The summed E-state index contributed by atoms with van der Waals surface area (Å²) in [6, 6.07) is 0. The Morgan fingerprint density at radius 2 is 1.75 bits per heavy atom. The summed E-state index contributed by atoms with van der Waals surface area (Å²) in [6.45, 7) is 1.30. The van der Waals surface area contributed by atoms with Crippen LogP contribution in [0.25, 0.3) is 0 Å². The lowest BCUT2D eigenvalue weighted by Crippen LogP contribution is -2.52. The van der Waals surface area contributed by atoms with Crippen molar-refractivity contribution in [2.45, 2.75) is 14.4 Å². The molecule has 0 unspecified atom stereocenters. The maximum atomic E-state index is 10.7. The average Bonchev–Trinajstić information content (AvgIpc) is 1.85. The van der Waals surface area contributed by atoms with Crippen LogP contribution in [-0.4, -0.2) is 35.7 Å². The van der Waals surface area contributed by atoms with E-state index in [4.69, 9.17) is 0 Å². The molecule has 1 fully saturated rings. The molecule has 0 bridgehead atoms. The quantitative estimate of drug-likeness (QED) is 0.483. The second-order valence-electron chi connectivity index (χ2n) is 2.35. The van der Waals surface area contributed by atoms with Crippen molar-refractivity contribution in [2.75, 3.05) is 13.1 Å². The Balaban J connectivity index is 0.00000121. The fourth-order valence-corrected chi connectivity index (χ4v) is 0.860. The molecule has 0 atom stereocenters. The summed E-state index contributed by atoms with van der Waals surface area (Å²) in [6.07, 6.45) is 0. The summed E-state index contributed by atoms with van der Waals surface area (Å²) in [4.78, 5) is 33.2. The maximum Gasteiger partial charge on any atom is 0.246 e. The first-order valence-electron chi connectivity index (χ1n) is 3.18. The minimum absolute atomic E-state index is 0. The molecule has 12 heavy (non-hydrogen) atoms. The molecule has 0 saturated carbocycles. The summed E-state index contributed by atoms with van der Waals surface area (Å²) < 4.78 is 0. The van der Waals surface area contributed by atoms with Crippen molar-refractivity contribution in [3.05, 3.63) is 0 Å². The molecule has 0 spiro atoms. The van der Waals surface area contributed by atoms with Gasteiger partial charge in [-0.3, -0.25) is 19.7 Å². The maximum absolute atomic E-state index is 10.7. The van der Waals surface area contributed by atoms with Crippen molar-refractivity contribution in [3.63, 3.8) is 0 Å². The molecule has 68 valence electrons. The van der Waals surface area contributed by atoms with Gasteiger partial charge in [0.05, 0.1) is 0 Å². The number of carbonyl (C=O) groups excluding carboxylic acids is 3. The number of amides is 3. The number of nitrogens with one attached hydrogen (secondary N) is 1. The number of hydrogen-bond donors (Lipinski definition) is 1. The van der Waals surface area contributed by atoms with E-state index in [-0.39, 0.29) is 26.4 Å². The zero-order chi connectivity index (χ0) is 8.43. The van der Waals surface area contributed by atoms with E-state index in [1.165, 1.54) is 11.8 Å². The standard InChI is InChI=1S/C6H8N2O3.CH4/c1-4(9)8-2-5(10)7-6(11)3-8;/h2-3H2,1H3,(H,7,10,11);1H4. The van der Waals surface area contributed by atoms with Gasteiger partial charge in [0.25, 0.3) is 0 Å². The highest BCUT2D eigenvalue weighted by Crippen LogP contribution is 1.93. The third-order valence-electron chi connectivity index (χ3n) is 1.39. The van der Waals surface area contributed by atoms with Gasteiger partial charge in [-0.15, -0.1) is 0 Å². The molecule has 0 radical (unpaired) electrons. The van der Waals surface area contributed by atoms with Crippen LogP contribution in [0.4, 0.5) is 0 Å². The smallest absolute Gasteiger partial charge is 0.246 e. The van der Waals surface area contributed by atoms with Crippen LogP contribution in [0.5, 0.6) is 0 Å². The van der Waals surface area contributed by atoms with Crippen molar-refractivity contribution in [2.24, 2.45) is 0 Å². The van der Waals surface area contributed by atoms with Crippen LogP contribution in [0.3, 0.4) is 0 Å². The van der Waals surface area contributed by atoms with Crippen LogP contribution >= 0.6 is 0 Å². The first kappa shape index (κ1) is 10.6. The van der Waals surface area contributed by atoms with Crippen LogP contribution in [0.15, 0.2) is 0 Å². The lowest BCUT2D eigenvalue weighted by Gasteiger charge is -2.23. The topological polar surface area (TPSA) is 66.5 Å². The number of carbonyl (C=O) groups is 3. The Morgan fingerprint density at radius 3 is 2.08 bits per heavy atom. The largest absolute Gasteiger partial charge is 0.324 e. The lowest BCUT2D eigenvalue weighted by molar-refractivity contribution is -0.144. The monoisotopic (exact) mass is 172 g/mol. The Hall–Kier alpha value is -1.39. The van der Waals surface area contributed by atoms with Gasteiger partial charge in [0.1, 0.15) is 13.1 Å². The van der Waals surface area contributed by atoms with Gasteiger partial charge in [-0.05, 0) is 0 Å². The lowest BCUT2D eigenvalue weighted by atomic mass is 10.3. The summed E-state index contributed by atoms with van der Waals surface area (Å²) in [5.41, 5.74) is 0. The zero-order valence-corrected chi connectivity index (χ0v) is 6.09. The highest BCUT2D eigenvalue weighted by atomic mass is 16.2. The molecule has 0 aliphatic carbocycles. The predicted octanol–water partition coefficient (Wildman–Crippen LogP) is -0.873. The number of hydrogen-bond acceptors (Lipinski definition) is 3. The Kier molecular flexibility index (Phi) is 3.40. The highest BCUT2D eigenvalue weighted by Gasteiger charge is 2.23. The molecule has 3 amide bonds. The third kappa shape index (κ3) is 2.34. The fourth-order valence-electron chi connectivity index (χ4n) is 0.860. The summed E-state index contributed by atoms with van der Waals surface area (Å²) in [5, 5.41) is 2.09. The van der Waals surface area contributed by atoms with Crippen LogP contribution in [0, 0.1) is 0 Å². The third-order valence-corrected chi connectivity index (χ3v) is 1.39. The van der Waals surface area contributed by atoms with Gasteiger partial charge in [-0.2, -0.15) is 0 Å².